The second-order valence-corrected chi connectivity index (χ2v) is 3.13. The summed E-state index contributed by atoms with van der Waals surface area (Å²) in [6.07, 6.45) is 0. The quantitative estimate of drug-likeness (QED) is 0.153. The number of halogens is 1. The van der Waals surface area contributed by atoms with Crippen LogP contribution in [-0.2, 0) is 9.68 Å². The Kier molecular flexibility index (Phi) is 8.67. The van der Waals surface area contributed by atoms with E-state index < -0.39 is 6.67 Å². The molecule has 0 bridgehead atoms. The van der Waals surface area contributed by atoms with Gasteiger partial charge in [-0.1, -0.05) is 22.6 Å². The fourth-order valence-corrected chi connectivity index (χ4v) is 0.687. The average molecular weight is 320 g/mol. The molecule has 14 heavy (non-hydrogen) atoms. The van der Waals surface area contributed by atoms with E-state index in [2.05, 4.69) is 32.3 Å². The summed E-state index contributed by atoms with van der Waals surface area (Å²) in [4.78, 5) is 31.3. The minimum absolute atomic E-state index is 0.233. The molecule has 0 aliphatic rings. The highest BCUT2D eigenvalue weighted by Crippen LogP contribution is 1.79. The van der Waals surface area contributed by atoms with Crippen LogP contribution in [0.25, 0.3) is 0 Å². The van der Waals surface area contributed by atoms with E-state index in [4.69, 9.17) is 0 Å². The first-order chi connectivity index (χ1) is 6.70. The van der Waals surface area contributed by atoms with Crippen molar-refractivity contribution in [2.24, 2.45) is 0 Å². The monoisotopic (exact) mass is 320 g/mol. The standard InChI is InChI=1S/C5H13IN4O4/c1-2-13-7-9(11)5-10(12)8-14-4-3-6/h2-5H2,1H3,(H,7,11)(H,8,12)/q+2. The van der Waals surface area contributed by atoms with E-state index in [1.165, 1.54) is 0 Å². The predicted molar refractivity (Wildman–Crippen MR) is 54.9 cm³/mol. The van der Waals surface area contributed by atoms with Gasteiger partial charge in [0, 0.05) is 4.43 Å². The Morgan fingerprint density at radius 3 is 2.29 bits per heavy atom. The van der Waals surface area contributed by atoms with Crippen molar-refractivity contribution in [2.75, 3.05) is 24.3 Å². The lowest BCUT2D eigenvalue weighted by Gasteiger charge is -1.94. The molecule has 0 aliphatic carbocycles. The fourth-order valence-electron chi connectivity index (χ4n) is 0.467. The maximum atomic E-state index is 10.8. The SMILES string of the molecule is CCON[N+](=O)C[N+](=O)NOCCI. The summed E-state index contributed by atoms with van der Waals surface area (Å²) in [7, 11) is 0. The fraction of sp³-hybridized carbons (Fsp3) is 1.00. The Hall–Kier alpha value is -0.550. The van der Waals surface area contributed by atoms with Crippen molar-refractivity contribution < 1.29 is 19.4 Å². The number of nitroso groups, excluding NO2 is 2. The zero-order valence-corrected chi connectivity index (χ0v) is 9.89. The molecule has 8 nitrogen and oxygen atoms in total. The summed E-state index contributed by atoms with van der Waals surface area (Å²) in [5, 5.41) is 0. The lowest BCUT2D eigenvalue weighted by molar-refractivity contribution is -0.834. The Labute approximate surface area is 94.4 Å². The molecule has 0 atom stereocenters. The molecule has 0 rings (SSSR count). The molecule has 0 saturated carbocycles. The van der Waals surface area contributed by atoms with Gasteiger partial charge in [0.15, 0.2) is 0 Å². The van der Waals surface area contributed by atoms with Crippen molar-refractivity contribution in [3.05, 3.63) is 9.81 Å². The van der Waals surface area contributed by atoms with Crippen LogP contribution in [0.15, 0.2) is 0 Å². The van der Waals surface area contributed by atoms with Gasteiger partial charge in [0.05, 0.1) is 23.0 Å². The normalized spacial score (nSPS) is 9.57. The third-order valence-corrected chi connectivity index (χ3v) is 1.35. The second-order valence-electron chi connectivity index (χ2n) is 2.05. The van der Waals surface area contributed by atoms with Gasteiger partial charge in [-0.05, 0) is 18.1 Å². The van der Waals surface area contributed by atoms with Gasteiger partial charge in [-0.25, -0.2) is 9.68 Å². The Balaban J connectivity index is 3.45. The van der Waals surface area contributed by atoms with Gasteiger partial charge >= 0.3 is 6.67 Å². The molecule has 9 heteroatoms. The van der Waals surface area contributed by atoms with Crippen LogP contribution in [0.4, 0.5) is 0 Å². The third kappa shape index (κ3) is 8.07. The first-order valence-electron chi connectivity index (χ1n) is 3.90. The average Bonchev–Trinajstić information content (AvgIpc) is 2.15. The number of rotatable bonds is 9. The molecule has 0 unspecified atom stereocenters. The summed E-state index contributed by atoms with van der Waals surface area (Å²) in [5.41, 5.74) is 4.02. The van der Waals surface area contributed by atoms with Crippen LogP contribution < -0.4 is 11.2 Å². The van der Waals surface area contributed by atoms with Gasteiger partial charge in [-0.2, -0.15) is 0 Å². The molecule has 0 amide bonds. The molecule has 0 aromatic rings. The van der Waals surface area contributed by atoms with Gasteiger partial charge in [-0.3, -0.25) is 0 Å². The van der Waals surface area contributed by atoms with E-state index in [1.807, 2.05) is 11.2 Å². The van der Waals surface area contributed by atoms with Crippen molar-refractivity contribution in [1.82, 2.24) is 11.2 Å². The van der Waals surface area contributed by atoms with E-state index in [0.717, 1.165) is 4.43 Å². The molecule has 0 radical (unpaired) electrons. The number of hydrogen-bond acceptors (Lipinski definition) is 4. The zero-order chi connectivity index (χ0) is 10.8. The molecule has 0 aromatic heterocycles. The zero-order valence-electron chi connectivity index (χ0n) is 7.73. The van der Waals surface area contributed by atoms with E-state index in [1.54, 1.807) is 6.92 Å². The van der Waals surface area contributed by atoms with Crippen LogP contribution in [0, 0.1) is 9.81 Å². The van der Waals surface area contributed by atoms with Crippen molar-refractivity contribution in [1.29, 1.82) is 0 Å². The number of hydrogen-bond donors (Lipinski definition) is 2. The Morgan fingerprint density at radius 2 is 1.79 bits per heavy atom. The molecule has 0 aliphatic heterocycles. The van der Waals surface area contributed by atoms with Gasteiger partial charge in [0.1, 0.15) is 0 Å². The lowest BCUT2D eigenvalue weighted by atomic mass is 10.9. The highest BCUT2D eigenvalue weighted by atomic mass is 127. The van der Waals surface area contributed by atoms with Crippen LogP contribution >= 0.6 is 22.6 Å². The number of nitrogens with zero attached hydrogens (tertiary/aromatic N) is 2. The van der Waals surface area contributed by atoms with Crippen molar-refractivity contribution in [3.63, 3.8) is 0 Å². The molecular formula is C5H13IN4O4+2. The van der Waals surface area contributed by atoms with Crippen LogP contribution in [0.5, 0.6) is 0 Å². The molecular weight excluding hydrogens is 307 g/mol. The smallest absolute Gasteiger partial charge is 0.225 e. The van der Waals surface area contributed by atoms with E-state index in [9.17, 15) is 9.81 Å². The van der Waals surface area contributed by atoms with Crippen molar-refractivity contribution in [3.8, 4) is 0 Å². The molecule has 0 spiro atoms. The summed E-state index contributed by atoms with van der Waals surface area (Å²) in [6, 6.07) is 0. The minimum atomic E-state index is -0.471. The van der Waals surface area contributed by atoms with Crippen molar-refractivity contribution >= 4 is 22.6 Å². The van der Waals surface area contributed by atoms with Gasteiger partial charge in [-0.15, -0.1) is 0 Å². The highest BCUT2D eigenvalue weighted by molar-refractivity contribution is 14.1. The first kappa shape index (κ1) is 13.4. The maximum absolute atomic E-state index is 10.8. The van der Waals surface area contributed by atoms with Crippen molar-refractivity contribution in [2.45, 2.75) is 6.92 Å². The van der Waals surface area contributed by atoms with Gasteiger partial charge < -0.3 is 0 Å². The van der Waals surface area contributed by atoms with Crippen LogP contribution in [0.3, 0.4) is 0 Å². The Morgan fingerprint density at radius 1 is 1.21 bits per heavy atom. The van der Waals surface area contributed by atoms with E-state index in [-0.39, 0.29) is 9.74 Å². The van der Waals surface area contributed by atoms with Gasteiger partial charge in [0.2, 0.25) is 9.74 Å². The predicted octanol–water partition coefficient (Wildman–Crippen LogP) is -0.171. The molecule has 0 fully saturated rings. The largest absolute Gasteiger partial charge is 0.486 e. The van der Waals surface area contributed by atoms with Gasteiger partial charge in [0.25, 0.3) is 0 Å². The molecule has 2 N–H and O–H groups in total. The maximum Gasteiger partial charge on any atom is 0.486 e. The topological polar surface area (TPSA) is 82.7 Å². The minimum Gasteiger partial charge on any atom is -0.225 e. The molecule has 0 saturated heterocycles. The summed E-state index contributed by atoms with van der Waals surface area (Å²) >= 11 is 2.09. The first-order valence-corrected chi connectivity index (χ1v) is 5.43. The number of hydrazine groups is 2. The lowest BCUT2D eigenvalue weighted by Crippen LogP contribution is -2.38. The van der Waals surface area contributed by atoms with E-state index in [0.29, 0.717) is 13.2 Å². The summed E-state index contributed by atoms with van der Waals surface area (Å²) < 4.78 is 0.747. The third-order valence-electron chi connectivity index (χ3n) is 0.913. The van der Waals surface area contributed by atoms with E-state index >= 15 is 0 Å². The highest BCUT2D eigenvalue weighted by Gasteiger charge is 2.21. The molecule has 82 valence electrons. The summed E-state index contributed by atoms with van der Waals surface area (Å²) in [5.74, 6) is 0. The summed E-state index contributed by atoms with van der Waals surface area (Å²) in [6.45, 7) is 1.95. The van der Waals surface area contributed by atoms with Crippen LogP contribution in [-0.4, -0.2) is 34.0 Å². The number of nitrogens with one attached hydrogen (secondary N) is 2. The van der Waals surface area contributed by atoms with Crippen LogP contribution in [0.2, 0.25) is 0 Å². The van der Waals surface area contributed by atoms with Crippen LogP contribution in [0.1, 0.15) is 6.92 Å². The second kappa shape index (κ2) is 9.02. The Bertz CT molecular complexity index is 191. The number of alkyl halides is 1. The molecule has 0 aromatic carbocycles. The molecule has 0 heterocycles.